The van der Waals surface area contributed by atoms with Crippen LogP contribution in [0.5, 0.6) is 0 Å². The number of nitrogens with one attached hydrogen (secondary N) is 1. The van der Waals surface area contributed by atoms with E-state index in [1.165, 1.54) is 17.4 Å². The highest BCUT2D eigenvalue weighted by Gasteiger charge is 2.06. The van der Waals surface area contributed by atoms with E-state index in [1.807, 2.05) is 41.8 Å². The van der Waals surface area contributed by atoms with Gasteiger partial charge in [-0.3, -0.25) is 10.1 Å². The third-order valence-electron chi connectivity index (χ3n) is 3.17. The lowest BCUT2D eigenvalue weighted by Gasteiger charge is -1.98. The van der Waals surface area contributed by atoms with Gasteiger partial charge in [-0.15, -0.1) is 11.3 Å². The number of amides is 1. The Morgan fingerprint density at radius 3 is 2.29 bits per heavy atom. The van der Waals surface area contributed by atoms with Gasteiger partial charge in [-0.25, -0.2) is 4.98 Å². The number of hydrogen-bond donors (Lipinski definition) is 1. The molecular weight excluding hydrogens is 363 g/mol. The van der Waals surface area contributed by atoms with E-state index in [0.717, 1.165) is 16.8 Å². The first-order valence-electron chi connectivity index (χ1n) is 7.06. The smallest absolute Gasteiger partial charge is 0.250 e. The number of hydrogen-bond acceptors (Lipinski definition) is 3. The van der Waals surface area contributed by atoms with Crippen LogP contribution in [0.1, 0.15) is 5.56 Å². The molecule has 0 radical (unpaired) electrons. The van der Waals surface area contributed by atoms with Crippen LogP contribution in [0.4, 0.5) is 5.13 Å². The molecular formula is C18H12Cl2N2OS. The molecule has 3 nitrogen and oxygen atoms in total. The van der Waals surface area contributed by atoms with Crippen LogP contribution in [0, 0.1) is 0 Å². The van der Waals surface area contributed by atoms with Gasteiger partial charge in [0.05, 0.1) is 5.69 Å². The molecule has 0 aliphatic heterocycles. The lowest BCUT2D eigenvalue weighted by Crippen LogP contribution is -2.07. The maximum absolute atomic E-state index is 12.0. The van der Waals surface area contributed by atoms with Crippen molar-refractivity contribution in [1.82, 2.24) is 4.98 Å². The zero-order valence-electron chi connectivity index (χ0n) is 12.4. The van der Waals surface area contributed by atoms with E-state index in [0.29, 0.717) is 15.2 Å². The van der Waals surface area contributed by atoms with Crippen LogP contribution in [0.15, 0.2) is 60.0 Å². The minimum atomic E-state index is -0.234. The van der Waals surface area contributed by atoms with E-state index in [9.17, 15) is 4.79 Å². The fraction of sp³-hybridized carbons (Fsp3) is 0. The van der Waals surface area contributed by atoms with E-state index >= 15 is 0 Å². The van der Waals surface area contributed by atoms with Gasteiger partial charge in [0.2, 0.25) is 5.91 Å². The Bertz CT molecular complexity index is 871. The molecule has 0 spiro atoms. The maximum Gasteiger partial charge on any atom is 0.250 e. The first kappa shape index (κ1) is 16.7. The molecule has 0 atom stereocenters. The van der Waals surface area contributed by atoms with Crippen molar-refractivity contribution < 1.29 is 4.79 Å². The Kier molecular flexibility index (Phi) is 5.30. The first-order valence-corrected chi connectivity index (χ1v) is 8.70. The lowest BCUT2D eigenvalue weighted by atomic mass is 10.2. The van der Waals surface area contributed by atoms with Crippen molar-refractivity contribution >= 4 is 51.7 Å². The van der Waals surface area contributed by atoms with Crippen LogP contribution in [0.25, 0.3) is 17.3 Å². The van der Waals surface area contributed by atoms with Crippen molar-refractivity contribution in [3.05, 3.63) is 75.6 Å². The summed E-state index contributed by atoms with van der Waals surface area (Å²) in [4.78, 5) is 16.4. The highest BCUT2D eigenvalue weighted by Crippen LogP contribution is 2.26. The Hall–Kier alpha value is -2.14. The molecule has 6 heteroatoms. The molecule has 1 N–H and O–H groups in total. The summed E-state index contributed by atoms with van der Waals surface area (Å²) in [6.45, 7) is 0. The van der Waals surface area contributed by atoms with Crippen molar-refractivity contribution in [3.8, 4) is 11.3 Å². The molecule has 1 heterocycles. The molecule has 0 aliphatic rings. The van der Waals surface area contributed by atoms with Gasteiger partial charge in [0.1, 0.15) is 0 Å². The highest BCUT2D eigenvalue weighted by atomic mass is 35.5. The number of rotatable bonds is 4. The number of carbonyl (C=O) groups excluding carboxylic acids is 1. The zero-order chi connectivity index (χ0) is 16.9. The second kappa shape index (κ2) is 7.62. The Labute approximate surface area is 153 Å². The van der Waals surface area contributed by atoms with Gasteiger partial charge in [0.25, 0.3) is 0 Å². The van der Waals surface area contributed by atoms with Gasteiger partial charge in [-0.2, -0.15) is 0 Å². The van der Waals surface area contributed by atoms with Gasteiger partial charge in [-0.1, -0.05) is 47.5 Å². The summed E-state index contributed by atoms with van der Waals surface area (Å²) in [7, 11) is 0. The number of nitrogens with zero attached hydrogens (tertiary/aromatic N) is 1. The molecule has 2 aromatic carbocycles. The van der Waals surface area contributed by atoms with Gasteiger partial charge >= 0.3 is 0 Å². The maximum atomic E-state index is 12.0. The average molecular weight is 375 g/mol. The molecule has 3 aromatic rings. The van der Waals surface area contributed by atoms with E-state index in [2.05, 4.69) is 10.3 Å². The van der Waals surface area contributed by atoms with E-state index in [-0.39, 0.29) is 5.91 Å². The molecule has 0 fully saturated rings. The van der Waals surface area contributed by atoms with Crippen molar-refractivity contribution in [2.24, 2.45) is 0 Å². The number of benzene rings is 2. The molecule has 0 aliphatic carbocycles. The molecule has 3 rings (SSSR count). The predicted molar refractivity (Wildman–Crippen MR) is 102 cm³/mol. The van der Waals surface area contributed by atoms with Gasteiger partial charge in [0, 0.05) is 27.1 Å². The minimum Gasteiger partial charge on any atom is -0.298 e. The molecule has 1 amide bonds. The summed E-state index contributed by atoms with van der Waals surface area (Å²) in [6.07, 6.45) is 3.19. The highest BCUT2D eigenvalue weighted by molar-refractivity contribution is 7.14. The van der Waals surface area contributed by atoms with Crippen LogP contribution < -0.4 is 5.32 Å². The number of halogens is 2. The van der Waals surface area contributed by atoms with Crippen LogP contribution >= 0.6 is 34.5 Å². The van der Waals surface area contributed by atoms with Crippen LogP contribution in [-0.4, -0.2) is 10.9 Å². The summed E-state index contributed by atoms with van der Waals surface area (Å²) in [5, 5.41) is 6.53. The summed E-state index contributed by atoms with van der Waals surface area (Å²) in [6, 6.07) is 14.6. The minimum absolute atomic E-state index is 0.234. The van der Waals surface area contributed by atoms with Crippen LogP contribution in [0.3, 0.4) is 0 Å². The van der Waals surface area contributed by atoms with Crippen molar-refractivity contribution in [3.63, 3.8) is 0 Å². The van der Waals surface area contributed by atoms with E-state index in [1.54, 1.807) is 18.2 Å². The Morgan fingerprint density at radius 2 is 1.62 bits per heavy atom. The molecule has 0 saturated carbocycles. The Balaban J connectivity index is 1.64. The number of thiazole rings is 1. The third-order valence-corrected chi connectivity index (χ3v) is 4.43. The van der Waals surface area contributed by atoms with Crippen molar-refractivity contribution in [2.75, 3.05) is 5.32 Å². The SMILES string of the molecule is O=C(C=Cc1ccc(Cl)cc1)Nc1nc(-c2ccc(Cl)cc2)cs1. The van der Waals surface area contributed by atoms with E-state index in [4.69, 9.17) is 23.2 Å². The lowest BCUT2D eigenvalue weighted by molar-refractivity contribution is -0.111. The largest absolute Gasteiger partial charge is 0.298 e. The van der Waals surface area contributed by atoms with Crippen LogP contribution in [-0.2, 0) is 4.79 Å². The number of carbonyl (C=O) groups is 1. The number of aromatic nitrogens is 1. The fourth-order valence-electron chi connectivity index (χ4n) is 1.98. The second-order valence-corrected chi connectivity index (χ2v) is 6.65. The van der Waals surface area contributed by atoms with Gasteiger partial charge in [-0.05, 0) is 35.9 Å². The zero-order valence-corrected chi connectivity index (χ0v) is 14.7. The average Bonchev–Trinajstić information content (AvgIpc) is 3.03. The second-order valence-electron chi connectivity index (χ2n) is 4.92. The van der Waals surface area contributed by atoms with E-state index < -0.39 is 0 Å². The monoisotopic (exact) mass is 374 g/mol. The Morgan fingerprint density at radius 1 is 1.00 bits per heavy atom. The quantitative estimate of drug-likeness (QED) is 0.589. The summed E-state index contributed by atoms with van der Waals surface area (Å²) in [5.41, 5.74) is 2.65. The summed E-state index contributed by atoms with van der Waals surface area (Å²) in [5.74, 6) is -0.234. The summed E-state index contributed by atoms with van der Waals surface area (Å²) < 4.78 is 0. The molecule has 0 unspecified atom stereocenters. The van der Waals surface area contributed by atoms with Gasteiger partial charge in [0.15, 0.2) is 5.13 Å². The van der Waals surface area contributed by atoms with Crippen molar-refractivity contribution in [1.29, 1.82) is 0 Å². The van der Waals surface area contributed by atoms with Gasteiger partial charge < -0.3 is 0 Å². The van der Waals surface area contributed by atoms with Crippen LogP contribution in [0.2, 0.25) is 10.0 Å². The fourth-order valence-corrected chi connectivity index (χ4v) is 2.95. The normalized spacial score (nSPS) is 10.9. The molecule has 0 saturated heterocycles. The standard InChI is InChI=1S/C18H12Cl2N2OS/c19-14-6-1-12(2-7-14)3-10-17(23)22-18-21-16(11-24-18)13-4-8-15(20)9-5-13/h1-11H,(H,21,22,23). The first-order chi connectivity index (χ1) is 11.6. The summed E-state index contributed by atoms with van der Waals surface area (Å²) >= 11 is 13.1. The third kappa shape index (κ3) is 4.45. The van der Waals surface area contributed by atoms with Crippen molar-refractivity contribution in [2.45, 2.75) is 0 Å². The molecule has 24 heavy (non-hydrogen) atoms. The topological polar surface area (TPSA) is 42.0 Å². The molecule has 0 bridgehead atoms. The predicted octanol–water partition coefficient (Wildman–Crippen LogP) is 5.77. The molecule has 1 aromatic heterocycles. The molecule has 120 valence electrons. The number of anilines is 1.